The molecule has 0 bridgehead atoms. The van der Waals surface area contributed by atoms with Crippen LogP contribution in [-0.4, -0.2) is 34.1 Å². The number of halogens is 7. The third kappa shape index (κ3) is 6.36. The fourth-order valence-electron chi connectivity index (χ4n) is 3.74. The van der Waals surface area contributed by atoms with Gasteiger partial charge in [0.05, 0.1) is 22.0 Å². The van der Waals surface area contributed by atoms with Crippen LogP contribution in [0.3, 0.4) is 0 Å². The molecule has 5 atom stereocenters. The summed E-state index contributed by atoms with van der Waals surface area (Å²) in [5.41, 5.74) is -1.78. The van der Waals surface area contributed by atoms with Crippen molar-refractivity contribution in [3.05, 3.63) is 51.8 Å². The van der Waals surface area contributed by atoms with Crippen LogP contribution in [0.4, 0.5) is 17.6 Å². The molecule has 3 rings (SSSR count). The summed E-state index contributed by atoms with van der Waals surface area (Å²) in [6.45, 7) is 1.79. The fourth-order valence-corrected chi connectivity index (χ4v) is 4.61. The fraction of sp³-hybridized carbons (Fsp3) is 0.429. The number of hydrogen-bond donors (Lipinski definition) is 2. The van der Waals surface area contributed by atoms with E-state index in [4.69, 9.17) is 28.0 Å². The summed E-state index contributed by atoms with van der Waals surface area (Å²) in [4.78, 5) is 17.8. The SMILES string of the molecule is CC1CC(C(=O)/C=C(\c2cc(Cl)c(F)c(Cl)c2)C(F)(F)F)C=CC1[C@@H](O)NC1CC(Br)=NO1. The Morgan fingerprint density at radius 3 is 2.48 bits per heavy atom. The zero-order chi connectivity index (χ0) is 24.5. The van der Waals surface area contributed by atoms with E-state index in [1.165, 1.54) is 6.08 Å². The quantitative estimate of drug-likeness (QED) is 0.147. The van der Waals surface area contributed by atoms with Gasteiger partial charge in [0.1, 0.15) is 10.8 Å². The molecule has 2 aliphatic rings. The van der Waals surface area contributed by atoms with Crippen LogP contribution < -0.4 is 5.32 Å². The maximum Gasteiger partial charge on any atom is 0.417 e. The molecule has 2 N–H and O–H groups in total. The first-order chi connectivity index (χ1) is 15.4. The number of aliphatic hydroxyl groups excluding tert-OH is 1. The van der Waals surface area contributed by atoms with Crippen LogP contribution in [-0.2, 0) is 9.63 Å². The lowest BCUT2D eigenvalue weighted by Gasteiger charge is -2.32. The van der Waals surface area contributed by atoms with Gasteiger partial charge < -0.3 is 9.94 Å². The standard InChI is InChI=1S/C21H19BrCl2F4N2O3/c1-9-4-10(2-3-12(9)20(32)29-18-8-17(22)30-33-18)16(31)7-13(21(26,27)28)11-5-14(23)19(25)15(24)6-11/h2-3,5-7,9-10,12,18,20,29,32H,4,8H2,1H3/b13-7+/t9?,10?,12?,18?,20-/m1/s1. The smallest absolute Gasteiger partial charge is 0.378 e. The van der Waals surface area contributed by atoms with Gasteiger partial charge in [0.25, 0.3) is 0 Å². The van der Waals surface area contributed by atoms with Gasteiger partial charge in [0.15, 0.2) is 17.8 Å². The Bertz CT molecular complexity index is 993. The van der Waals surface area contributed by atoms with Crippen LogP contribution in [0.2, 0.25) is 10.0 Å². The van der Waals surface area contributed by atoms with Gasteiger partial charge in [-0.15, -0.1) is 0 Å². The Hall–Kier alpha value is -1.46. The van der Waals surface area contributed by atoms with Crippen molar-refractivity contribution in [3.8, 4) is 0 Å². The first-order valence-electron chi connectivity index (χ1n) is 9.85. The highest BCUT2D eigenvalue weighted by Gasteiger charge is 2.38. The Kier molecular flexibility index (Phi) is 8.27. The Labute approximate surface area is 205 Å². The Morgan fingerprint density at radius 2 is 1.97 bits per heavy atom. The number of hydrogen-bond acceptors (Lipinski definition) is 5. The van der Waals surface area contributed by atoms with Crippen molar-refractivity contribution in [2.45, 2.75) is 38.4 Å². The summed E-state index contributed by atoms with van der Waals surface area (Å²) in [6, 6.07) is 1.56. The summed E-state index contributed by atoms with van der Waals surface area (Å²) in [5.74, 6) is -3.27. The predicted octanol–water partition coefficient (Wildman–Crippen LogP) is 5.84. The van der Waals surface area contributed by atoms with Gasteiger partial charge in [-0.1, -0.05) is 47.4 Å². The molecule has 180 valence electrons. The molecule has 0 spiro atoms. The largest absolute Gasteiger partial charge is 0.417 e. The first-order valence-corrected chi connectivity index (χ1v) is 11.4. The number of aliphatic hydroxyl groups is 1. The number of carbonyl (C=O) groups is 1. The number of nitrogens with zero attached hydrogens (tertiary/aromatic N) is 1. The Balaban J connectivity index is 1.77. The van der Waals surface area contributed by atoms with E-state index in [0.29, 0.717) is 17.1 Å². The molecule has 4 unspecified atom stereocenters. The van der Waals surface area contributed by atoms with Gasteiger partial charge in [-0.05, 0) is 52.0 Å². The molecule has 1 aromatic carbocycles. The number of benzene rings is 1. The number of nitrogens with one attached hydrogen (secondary N) is 1. The van der Waals surface area contributed by atoms with Crippen molar-refractivity contribution in [2.24, 2.45) is 22.9 Å². The van der Waals surface area contributed by atoms with Gasteiger partial charge in [-0.25, -0.2) is 4.39 Å². The molecule has 0 amide bonds. The third-order valence-electron chi connectivity index (χ3n) is 5.45. The lowest BCUT2D eigenvalue weighted by molar-refractivity contribution is -0.118. The van der Waals surface area contributed by atoms with Gasteiger partial charge in [0.2, 0.25) is 0 Å². The van der Waals surface area contributed by atoms with Crippen LogP contribution in [0.1, 0.15) is 25.3 Å². The van der Waals surface area contributed by atoms with Crippen LogP contribution in [0.5, 0.6) is 0 Å². The van der Waals surface area contributed by atoms with E-state index >= 15 is 0 Å². The molecule has 0 saturated heterocycles. The molecule has 0 aromatic heterocycles. The molecule has 1 aliphatic heterocycles. The van der Waals surface area contributed by atoms with E-state index in [-0.39, 0.29) is 12.3 Å². The normalized spacial score (nSPS) is 26.7. The Morgan fingerprint density at radius 1 is 1.33 bits per heavy atom. The van der Waals surface area contributed by atoms with Crippen LogP contribution in [0, 0.1) is 23.6 Å². The molecular weight excluding hydrogens is 555 g/mol. The van der Waals surface area contributed by atoms with Crippen molar-refractivity contribution >= 4 is 55.1 Å². The maximum atomic E-state index is 13.7. The predicted molar refractivity (Wildman–Crippen MR) is 120 cm³/mol. The summed E-state index contributed by atoms with van der Waals surface area (Å²) < 4.78 is 55.3. The highest BCUT2D eigenvalue weighted by atomic mass is 79.9. The van der Waals surface area contributed by atoms with Gasteiger partial charge in [-0.3, -0.25) is 10.1 Å². The lowest BCUT2D eigenvalue weighted by atomic mass is 9.77. The molecule has 0 radical (unpaired) electrons. The van der Waals surface area contributed by atoms with Gasteiger partial charge >= 0.3 is 6.18 Å². The van der Waals surface area contributed by atoms with Gasteiger partial charge in [-0.2, -0.15) is 13.2 Å². The monoisotopic (exact) mass is 572 g/mol. The molecular formula is C21H19BrCl2F4N2O3. The summed E-state index contributed by atoms with van der Waals surface area (Å²) in [5, 5.41) is 15.9. The number of allylic oxidation sites excluding steroid dienone is 3. The van der Waals surface area contributed by atoms with Crippen molar-refractivity contribution in [3.63, 3.8) is 0 Å². The number of oxime groups is 1. The molecule has 1 aliphatic carbocycles. The minimum Gasteiger partial charge on any atom is -0.378 e. The van der Waals surface area contributed by atoms with E-state index in [1.54, 1.807) is 13.0 Å². The lowest BCUT2D eigenvalue weighted by Crippen LogP contribution is -2.45. The summed E-state index contributed by atoms with van der Waals surface area (Å²) >= 11 is 14.5. The molecule has 0 fully saturated rings. The highest BCUT2D eigenvalue weighted by Crippen LogP contribution is 2.38. The minimum atomic E-state index is -4.90. The van der Waals surface area contributed by atoms with E-state index in [0.717, 1.165) is 12.1 Å². The second-order valence-electron chi connectivity index (χ2n) is 7.87. The zero-order valence-corrected chi connectivity index (χ0v) is 20.1. The maximum absolute atomic E-state index is 13.7. The van der Waals surface area contributed by atoms with E-state index in [1.807, 2.05) is 0 Å². The summed E-state index contributed by atoms with van der Waals surface area (Å²) in [6.07, 6.45) is -2.19. The van der Waals surface area contributed by atoms with E-state index in [9.17, 15) is 27.5 Å². The third-order valence-corrected chi connectivity index (χ3v) is 6.47. The van der Waals surface area contributed by atoms with Crippen LogP contribution in [0.25, 0.3) is 5.57 Å². The molecule has 5 nitrogen and oxygen atoms in total. The van der Waals surface area contributed by atoms with Crippen molar-refractivity contribution in [2.75, 3.05) is 0 Å². The van der Waals surface area contributed by atoms with E-state index in [2.05, 4.69) is 26.4 Å². The minimum absolute atomic E-state index is 0.219. The molecule has 12 heteroatoms. The topological polar surface area (TPSA) is 70.9 Å². The number of alkyl halides is 3. The van der Waals surface area contributed by atoms with Crippen LogP contribution in [0.15, 0.2) is 35.5 Å². The molecule has 1 aromatic rings. The average molecular weight is 574 g/mol. The number of ketones is 1. The first kappa shape index (κ1) is 26.2. The highest BCUT2D eigenvalue weighted by molar-refractivity contribution is 9.18. The molecule has 33 heavy (non-hydrogen) atoms. The number of rotatable bonds is 6. The second kappa shape index (κ2) is 10.4. The number of carbonyl (C=O) groups excluding carboxylic acids is 1. The van der Waals surface area contributed by atoms with E-state index < -0.39 is 63.3 Å². The molecule has 1 heterocycles. The van der Waals surface area contributed by atoms with Crippen LogP contribution >= 0.6 is 39.1 Å². The second-order valence-corrected chi connectivity index (χ2v) is 9.60. The molecule has 0 saturated carbocycles. The van der Waals surface area contributed by atoms with Crippen molar-refractivity contribution in [1.29, 1.82) is 0 Å². The van der Waals surface area contributed by atoms with Crippen molar-refractivity contribution in [1.82, 2.24) is 5.32 Å². The average Bonchev–Trinajstić information content (AvgIpc) is 3.13. The van der Waals surface area contributed by atoms with Crippen molar-refractivity contribution < 1.29 is 32.3 Å². The van der Waals surface area contributed by atoms with Gasteiger partial charge in [0, 0.05) is 11.8 Å². The summed E-state index contributed by atoms with van der Waals surface area (Å²) in [7, 11) is 0. The zero-order valence-electron chi connectivity index (χ0n) is 17.0.